The van der Waals surface area contributed by atoms with Gasteiger partial charge in [0.2, 0.25) is 0 Å². The molecular formula is C19H23IN2O. The number of rotatable bonds is 6. The molecule has 0 amide bonds. The van der Waals surface area contributed by atoms with Gasteiger partial charge >= 0.3 is 0 Å². The van der Waals surface area contributed by atoms with Crippen LogP contribution in [0.3, 0.4) is 0 Å². The second-order valence-electron chi connectivity index (χ2n) is 5.48. The number of nitrogens with one attached hydrogen (secondary N) is 2. The monoisotopic (exact) mass is 422 g/mol. The molecular weight excluding hydrogens is 399 g/mol. The quantitative estimate of drug-likeness (QED) is 0.573. The summed E-state index contributed by atoms with van der Waals surface area (Å²) in [6, 6.07) is 16.8. The largest absolute Gasteiger partial charge is 0.496 e. The lowest BCUT2D eigenvalue weighted by Gasteiger charge is -2.18. The van der Waals surface area contributed by atoms with Gasteiger partial charge in [-0.25, -0.2) is 0 Å². The molecule has 4 heteroatoms. The van der Waals surface area contributed by atoms with Gasteiger partial charge in [0, 0.05) is 23.0 Å². The molecule has 3 rings (SSSR count). The standard InChI is InChI=1S/C19H22N2O.HI/c1-20-12-11-15(14-7-4-3-5-8-14)16-13-21-17-9-6-10-18(22-2)19(16)17;/h3-10,13,15,20-21H,11-12H2,1-2H3;1H/t15-;/m1./s1. The third kappa shape index (κ3) is 3.70. The molecule has 0 saturated heterocycles. The predicted molar refractivity (Wildman–Crippen MR) is 107 cm³/mol. The fraction of sp³-hybridized carbons (Fsp3) is 0.263. The van der Waals surface area contributed by atoms with Gasteiger partial charge in [-0.2, -0.15) is 0 Å². The Kier molecular flexibility index (Phi) is 6.47. The van der Waals surface area contributed by atoms with E-state index in [2.05, 4.69) is 52.9 Å². The summed E-state index contributed by atoms with van der Waals surface area (Å²) in [5, 5.41) is 4.45. The molecule has 2 aromatic carbocycles. The Balaban J connectivity index is 0.00000192. The lowest BCUT2D eigenvalue weighted by Crippen LogP contribution is -2.13. The van der Waals surface area contributed by atoms with Crippen LogP contribution < -0.4 is 10.1 Å². The van der Waals surface area contributed by atoms with Crippen molar-refractivity contribution in [3.63, 3.8) is 0 Å². The van der Waals surface area contributed by atoms with Gasteiger partial charge in [0.1, 0.15) is 5.75 Å². The fourth-order valence-electron chi connectivity index (χ4n) is 3.10. The topological polar surface area (TPSA) is 37.0 Å². The highest BCUT2D eigenvalue weighted by atomic mass is 127. The first kappa shape index (κ1) is 17.8. The molecule has 1 aromatic heterocycles. The molecule has 3 nitrogen and oxygen atoms in total. The van der Waals surface area contributed by atoms with Gasteiger partial charge in [-0.05, 0) is 43.3 Å². The zero-order valence-electron chi connectivity index (χ0n) is 13.5. The van der Waals surface area contributed by atoms with E-state index < -0.39 is 0 Å². The minimum Gasteiger partial charge on any atom is -0.496 e. The Morgan fingerprint density at radius 2 is 1.87 bits per heavy atom. The Hall–Kier alpha value is -1.53. The molecule has 3 aromatic rings. The number of aromatic nitrogens is 1. The molecule has 0 aliphatic rings. The molecule has 0 fully saturated rings. The summed E-state index contributed by atoms with van der Waals surface area (Å²) in [5.41, 5.74) is 3.76. The highest BCUT2D eigenvalue weighted by Gasteiger charge is 2.19. The van der Waals surface area contributed by atoms with E-state index in [4.69, 9.17) is 4.74 Å². The molecule has 2 N–H and O–H groups in total. The second-order valence-corrected chi connectivity index (χ2v) is 5.48. The number of aromatic amines is 1. The summed E-state index contributed by atoms with van der Waals surface area (Å²) in [4.78, 5) is 3.39. The number of methoxy groups -OCH3 is 1. The van der Waals surface area contributed by atoms with Gasteiger partial charge in [-0.3, -0.25) is 0 Å². The summed E-state index contributed by atoms with van der Waals surface area (Å²) in [6.45, 7) is 0.974. The molecule has 1 atom stereocenters. The van der Waals surface area contributed by atoms with Crippen molar-refractivity contribution < 1.29 is 4.74 Å². The Labute approximate surface area is 154 Å². The van der Waals surface area contributed by atoms with E-state index in [9.17, 15) is 0 Å². The summed E-state index contributed by atoms with van der Waals surface area (Å²) in [5.74, 6) is 1.28. The zero-order chi connectivity index (χ0) is 15.4. The molecule has 0 radical (unpaired) electrons. The average molecular weight is 422 g/mol. The fourth-order valence-corrected chi connectivity index (χ4v) is 3.10. The van der Waals surface area contributed by atoms with Gasteiger partial charge in [0.05, 0.1) is 7.11 Å². The van der Waals surface area contributed by atoms with Crippen LogP contribution >= 0.6 is 24.0 Å². The van der Waals surface area contributed by atoms with E-state index in [-0.39, 0.29) is 24.0 Å². The van der Waals surface area contributed by atoms with Crippen molar-refractivity contribution in [1.29, 1.82) is 0 Å². The highest BCUT2D eigenvalue weighted by Crippen LogP contribution is 2.37. The van der Waals surface area contributed by atoms with Crippen LogP contribution in [0.5, 0.6) is 5.75 Å². The van der Waals surface area contributed by atoms with E-state index >= 15 is 0 Å². The van der Waals surface area contributed by atoms with Gasteiger partial charge in [0.15, 0.2) is 0 Å². The lowest BCUT2D eigenvalue weighted by atomic mass is 9.88. The van der Waals surface area contributed by atoms with E-state index in [0.717, 1.165) is 24.2 Å². The summed E-state index contributed by atoms with van der Waals surface area (Å²) >= 11 is 0. The van der Waals surface area contributed by atoms with Crippen molar-refractivity contribution in [1.82, 2.24) is 10.3 Å². The first-order chi connectivity index (χ1) is 10.8. The van der Waals surface area contributed by atoms with E-state index in [1.165, 1.54) is 16.5 Å². The number of hydrogen-bond acceptors (Lipinski definition) is 2. The van der Waals surface area contributed by atoms with Crippen molar-refractivity contribution in [2.75, 3.05) is 20.7 Å². The van der Waals surface area contributed by atoms with Gasteiger partial charge in [-0.1, -0.05) is 36.4 Å². The molecule has 0 saturated carbocycles. The normalized spacial score (nSPS) is 11.9. The number of benzene rings is 2. The molecule has 122 valence electrons. The third-order valence-corrected chi connectivity index (χ3v) is 4.18. The van der Waals surface area contributed by atoms with Crippen molar-refractivity contribution in [2.45, 2.75) is 12.3 Å². The zero-order valence-corrected chi connectivity index (χ0v) is 15.8. The number of hydrogen-bond donors (Lipinski definition) is 2. The predicted octanol–water partition coefficient (Wildman–Crippen LogP) is 4.54. The van der Waals surface area contributed by atoms with Crippen LogP contribution in [0.2, 0.25) is 0 Å². The minimum atomic E-state index is 0. The Bertz CT molecular complexity index is 739. The first-order valence-corrected chi connectivity index (χ1v) is 7.68. The maximum atomic E-state index is 5.58. The minimum absolute atomic E-state index is 0. The number of H-pyrrole nitrogens is 1. The third-order valence-electron chi connectivity index (χ3n) is 4.18. The van der Waals surface area contributed by atoms with Crippen LogP contribution in [0.15, 0.2) is 54.7 Å². The average Bonchev–Trinajstić information content (AvgIpc) is 3.00. The number of fused-ring (bicyclic) bond motifs is 1. The van der Waals surface area contributed by atoms with Gasteiger partial charge < -0.3 is 15.0 Å². The van der Waals surface area contributed by atoms with Crippen molar-refractivity contribution >= 4 is 34.9 Å². The van der Waals surface area contributed by atoms with Gasteiger partial charge in [-0.15, -0.1) is 24.0 Å². The Morgan fingerprint density at radius 1 is 1.09 bits per heavy atom. The molecule has 0 aliphatic heterocycles. The van der Waals surface area contributed by atoms with Gasteiger partial charge in [0.25, 0.3) is 0 Å². The number of ether oxygens (including phenoxy) is 1. The molecule has 0 unspecified atom stereocenters. The summed E-state index contributed by atoms with van der Waals surface area (Å²) in [7, 11) is 3.73. The SMILES string of the molecule is CNCC[C@H](c1ccccc1)c1c[nH]c2cccc(OC)c12.I. The second kappa shape index (κ2) is 8.36. The first-order valence-electron chi connectivity index (χ1n) is 7.68. The van der Waals surface area contributed by atoms with Crippen LogP contribution in [0.25, 0.3) is 10.9 Å². The van der Waals surface area contributed by atoms with Crippen LogP contribution in [0.1, 0.15) is 23.5 Å². The highest BCUT2D eigenvalue weighted by molar-refractivity contribution is 14.0. The molecule has 0 bridgehead atoms. The summed E-state index contributed by atoms with van der Waals surface area (Å²) in [6.07, 6.45) is 3.17. The van der Waals surface area contributed by atoms with E-state index in [1.54, 1.807) is 7.11 Å². The summed E-state index contributed by atoms with van der Waals surface area (Å²) < 4.78 is 5.58. The molecule has 1 heterocycles. The number of halogens is 1. The maximum absolute atomic E-state index is 5.58. The smallest absolute Gasteiger partial charge is 0.128 e. The Morgan fingerprint density at radius 3 is 2.57 bits per heavy atom. The van der Waals surface area contributed by atoms with E-state index in [1.807, 2.05) is 19.2 Å². The molecule has 23 heavy (non-hydrogen) atoms. The lowest BCUT2D eigenvalue weighted by molar-refractivity contribution is 0.419. The van der Waals surface area contributed by atoms with Crippen molar-refractivity contribution in [2.24, 2.45) is 0 Å². The maximum Gasteiger partial charge on any atom is 0.128 e. The van der Waals surface area contributed by atoms with Crippen LogP contribution in [-0.2, 0) is 0 Å². The van der Waals surface area contributed by atoms with Crippen LogP contribution in [0, 0.1) is 0 Å². The van der Waals surface area contributed by atoms with Crippen molar-refractivity contribution in [3.8, 4) is 5.75 Å². The molecule has 0 spiro atoms. The van der Waals surface area contributed by atoms with Crippen LogP contribution in [-0.4, -0.2) is 25.7 Å². The van der Waals surface area contributed by atoms with Crippen LogP contribution in [0.4, 0.5) is 0 Å². The van der Waals surface area contributed by atoms with Crippen molar-refractivity contribution in [3.05, 3.63) is 65.9 Å². The molecule has 0 aliphatic carbocycles. The van der Waals surface area contributed by atoms with E-state index in [0.29, 0.717) is 5.92 Å².